The number of carboxylic acid groups (broad SMARTS) is 1. The topological polar surface area (TPSA) is 113 Å². The van der Waals surface area contributed by atoms with Crippen LogP contribution in [-0.2, 0) is 4.79 Å². The molecule has 0 radical (unpaired) electrons. The first-order valence-electron chi connectivity index (χ1n) is 5.10. The molecular formula is C11H13FN2O4. The van der Waals surface area contributed by atoms with Gasteiger partial charge in [-0.2, -0.15) is 0 Å². The summed E-state index contributed by atoms with van der Waals surface area (Å²) in [5.74, 6) is -3.03. The number of aliphatic hydroxyl groups excluding tert-OH is 1. The molecule has 0 aromatic heterocycles. The molecule has 6 nitrogen and oxygen atoms in total. The molecule has 0 bridgehead atoms. The van der Waals surface area contributed by atoms with E-state index < -0.39 is 29.8 Å². The highest BCUT2D eigenvalue weighted by molar-refractivity contribution is 6.01. The third-order valence-electron chi connectivity index (χ3n) is 2.33. The molecule has 18 heavy (non-hydrogen) atoms. The van der Waals surface area contributed by atoms with E-state index in [2.05, 4.69) is 5.32 Å². The van der Waals surface area contributed by atoms with Crippen molar-refractivity contribution in [3.05, 3.63) is 29.6 Å². The lowest BCUT2D eigenvalue weighted by Gasteiger charge is -2.17. The zero-order chi connectivity index (χ0) is 13.9. The fourth-order valence-corrected chi connectivity index (χ4v) is 1.34. The van der Waals surface area contributed by atoms with Crippen LogP contribution >= 0.6 is 0 Å². The maximum absolute atomic E-state index is 13.1. The van der Waals surface area contributed by atoms with E-state index >= 15 is 0 Å². The van der Waals surface area contributed by atoms with Crippen molar-refractivity contribution in [2.75, 3.05) is 5.73 Å². The summed E-state index contributed by atoms with van der Waals surface area (Å²) in [7, 11) is 0. The third kappa shape index (κ3) is 2.95. The number of carbonyl (C=O) groups is 2. The van der Waals surface area contributed by atoms with E-state index in [-0.39, 0.29) is 11.3 Å². The van der Waals surface area contributed by atoms with E-state index in [1.807, 2.05) is 0 Å². The monoisotopic (exact) mass is 256 g/mol. The first kappa shape index (κ1) is 13.9. The van der Waals surface area contributed by atoms with Crippen molar-refractivity contribution in [3.63, 3.8) is 0 Å². The van der Waals surface area contributed by atoms with Gasteiger partial charge in [0.05, 0.1) is 17.4 Å². The molecule has 0 spiro atoms. The molecule has 5 N–H and O–H groups in total. The van der Waals surface area contributed by atoms with E-state index in [1.54, 1.807) is 0 Å². The molecule has 0 fully saturated rings. The Morgan fingerprint density at radius 1 is 1.44 bits per heavy atom. The minimum Gasteiger partial charge on any atom is -0.480 e. The Morgan fingerprint density at radius 2 is 2.06 bits per heavy atom. The molecule has 1 aromatic carbocycles. The van der Waals surface area contributed by atoms with Gasteiger partial charge in [-0.25, -0.2) is 9.18 Å². The van der Waals surface area contributed by atoms with E-state index in [0.717, 1.165) is 6.07 Å². The molecule has 2 unspecified atom stereocenters. The lowest BCUT2D eigenvalue weighted by atomic mass is 10.1. The van der Waals surface area contributed by atoms with Crippen LogP contribution in [-0.4, -0.2) is 34.2 Å². The van der Waals surface area contributed by atoms with Gasteiger partial charge in [-0.1, -0.05) is 6.07 Å². The van der Waals surface area contributed by atoms with Crippen molar-refractivity contribution >= 4 is 17.6 Å². The van der Waals surface area contributed by atoms with Gasteiger partial charge in [0.15, 0.2) is 6.04 Å². The summed E-state index contributed by atoms with van der Waals surface area (Å²) in [5, 5.41) is 20.0. The highest BCUT2D eigenvalue weighted by Crippen LogP contribution is 2.15. The lowest BCUT2D eigenvalue weighted by molar-refractivity contribution is -0.141. The third-order valence-corrected chi connectivity index (χ3v) is 2.33. The number of hydrogen-bond donors (Lipinski definition) is 4. The smallest absolute Gasteiger partial charge is 0.328 e. The number of carboxylic acids is 1. The van der Waals surface area contributed by atoms with Crippen molar-refractivity contribution in [1.82, 2.24) is 5.32 Å². The number of nitrogen functional groups attached to an aromatic ring is 1. The zero-order valence-corrected chi connectivity index (χ0v) is 9.55. The van der Waals surface area contributed by atoms with Crippen molar-refractivity contribution in [3.8, 4) is 0 Å². The Bertz CT molecular complexity index is 476. The predicted molar refractivity (Wildman–Crippen MR) is 61.4 cm³/mol. The summed E-state index contributed by atoms with van der Waals surface area (Å²) in [6, 6.07) is 2.13. The average Bonchev–Trinajstić information content (AvgIpc) is 2.28. The molecule has 7 heteroatoms. The number of aliphatic hydroxyl groups is 1. The zero-order valence-electron chi connectivity index (χ0n) is 9.55. The van der Waals surface area contributed by atoms with Crippen molar-refractivity contribution in [1.29, 1.82) is 0 Å². The highest BCUT2D eigenvalue weighted by Gasteiger charge is 2.26. The number of rotatable bonds is 4. The summed E-state index contributed by atoms with van der Waals surface area (Å²) in [6.45, 7) is 1.22. The predicted octanol–water partition coefficient (Wildman–Crippen LogP) is -0.0283. The van der Waals surface area contributed by atoms with Gasteiger partial charge in [0.1, 0.15) is 5.82 Å². The van der Waals surface area contributed by atoms with E-state index in [4.69, 9.17) is 10.8 Å². The van der Waals surface area contributed by atoms with Crippen molar-refractivity contribution in [2.24, 2.45) is 0 Å². The maximum atomic E-state index is 13.1. The fourth-order valence-electron chi connectivity index (χ4n) is 1.34. The average molecular weight is 256 g/mol. The Hall–Kier alpha value is -2.15. The molecule has 1 amide bonds. The number of nitrogens with two attached hydrogens (primary N) is 1. The van der Waals surface area contributed by atoms with Crippen LogP contribution in [0, 0.1) is 5.82 Å². The van der Waals surface area contributed by atoms with Gasteiger partial charge in [-0.15, -0.1) is 0 Å². The number of hydrogen-bond acceptors (Lipinski definition) is 4. The molecule has 0 aliphatic rings. The van der Waals surface area contributed by atoms with E-state index in [1.165, 1.54) is 19.1 Å². The van der Waals surface area contributed by atoms with Gasteiger partial charge in [0.2, 0.25) is 0 Å². The molecule has 2 atom stereocenters. The first-order valence-corrected chi connectivity index (χ1v) is 5.10. The van der Waals surface area contributed by atoms with Crippen LogP contribution in [0.3, 0.4) is 0 Å². The summed E-state index contributed by atoms with van der Waals surface area (Å²) < 4.78 is 13.1. The van der Waals surface area contributed by atoms with Crippen LogP contribution in [0.4, 0.5) is 10.1 Å². The lowest BCUT2D eigenvalue weighted by Crippen LogP contribution is -2.47. The Balaban J connectivity index is 2.94. The minimum absolute atomic E-state index is 0.179. The largest absolute Gasteiger partial charge is 0.480 e. The maximum Gasteiger partial charge on any atom is 0.328 e. The molecule has 0 saturated heterocycles. The number of amides is 1. The first-order chi connectivity index (χ1) is 8.34. The number of para-hydroxylation sites is 1. The van der Waals surface area contributed by atoms with Crippen LogP contribution in [0.1, 0.15) is 17.3 Å². The van der Waals surface area contributed by atoms with Gasteiger partial charge < -0.3 is 21.3 Å². The summed E-state index contributed by atoms with van der Waals surface area (Å²) >= 11 is 0. The molecule has 1 rings (SSSR count). The molecule has 0 heterocycles. The molecule has 1 aromatic rings. The van der Waals surface area contributed by atoms with Gasteiger partial charge in [-0.3, -0.25) is 4.79 Å². The standard InChI is InChI=1S/C11H13FN2O4/c1-5(15)9(11(17)18)14-10(16)6-3-2-4-7(12)8(6)13/h2-5,9,15H,13H2,1H3,(H,14,16)(H,17,18). The van der Waals surface area contributed by atoms with E-state index in [9.17, 15) is 19.1 Å². The molecule has 0 aliphatic carbocycles. The van der Waals surface area contributed by atoms with Crippen molar-refractivity contribution in [2.45, 2.75) is 19.1 Å². The second kappa shape index (κ2) is 5.46. The SMILES string of the molecule is CC(O)C(NC(=O)c1cccc(F)c1N)C(=O)O. The summed E-state index contributed by atoms with van der Waals surface area (Å²) in [6.07, 6.45) is -1.29. The fraction of sp³-hybridized carbons (Fsp3) is 0.273. The molecular weight excluding hydrogens is 243 g/mol. The Labute approximate surface area is 102 Å². The number of anilines is 1. The second-order valence-corrected chi connectivity index (χ2v) is 3.73. The summed E-state index contributed by atoms with van der Waals surface area (Å²) in [4.78, 5) is 22.5. The second-order valence-electron chi connectivity index (χ2n) is 3.73. The van der Waals surface area contributed by atoms with Crippen LogP contribution in [0.2, 0.25) is 0 Å². The van der Waals surface area contributed by atoms with Crippen LogP contribution in [0.5, 0.6) is 0 Å². The quantitative estimate of drug-likeness (QED) is 0.565. The van der Waals surface area contributed by atoms with Crippen LogP contribution in [0.25, 0.3) is 0 Å². The number of aliphatic carboxylic acids is 1. The minimum atomic E-state index is -1.49. The number of benzene rings is 1. The number of halogens is 1. The van der Waals surface area contributed by atoms with Gasteiger partial charge in [0, 0.05) is 0 Å². The molecule has 98 valence electrons. The number of carbonyl (C=O) groups excluding carboxylic acids is 1. The molecule has 0 aliphatic heterocycles. The Morgan fingerprint density at radius 3 is 2.56 bits per heavy atom. The van der Waals surface area contributed by atoms with Crippen LogP contribution < -0.4 is 11.1 Å². The van der Waals surface area contributed by atoms with Crippen molar-refractivity contribution < 1.29 is 24.2 Å². The van der Waals surface area contributed by atoms with Gasteiger partial charge in [0.25, 0.3) is 5.91 Å². The van der Waals surface area contributed by atoms with Gasteiger partial charge >= 0.3 is 5.97 Å². The van der Waals surface area contributed by atoms with Crippen LogP contribution in [0.15, 0.2) is 18.2 Å². The molecule has 0 saturated carbocycles. The summed E-state index contributed by atoms with van der Waals surface area (Å²) in [5.41, 5.74) is 4.82. The Kier molecular flexibility index (Phi) is 4.22. The van der Waals surface area contributed by atoms with Gasteiger partial charge in [-0.05, 0) is 19.1 Å². The number of nitrogens with one attached hydrogen (secondary N) is 1. The normalized spacial score (nSPS) is 13.7. The highest BCUT2D eigenvalue weighted by atomic mass is 19.1. The van der Waals surface area contributed by atoms with E-state index in [0.29, 0.717) is 0 Å².